The lowest BCUT2D eigenvalue weighted by atomic mass is 10.1. The van der Waals surface area contributed by atoms with Gasteiger partial charge in [0.15, 0.2) is 0 Å². The number of ether oxygens (including phenoxy) is 1. The molecule has 1 amide bonds. The smallest absolute Gasteiger partial charge is 0.266 e. The van der Waals surface area contributed by atoms with E-state index in [2.05, 4.69) is 12.2 Å². The molecular weight excluding hydrogens is 348 g/mol. The van der Waals surface area contributed by atoms with Crippen molar-refractivity contribution < 1.29 is 9.53 Å². The van der Waals surface area contributed by atoms with Gasteiger partial charge in [0, 0.05) is 16.6 Å². The van der Waals surface area contributed by atoms with Gasteiger partial charge in [-0.15, -0.1) is 0 Å². The molecule has 4 heteroatoms. The first-order valence-corrected chi connectivity index (χ1v) is 9.35. The zero-order chi connectivity index (χ0) is 19.8. The minimum atomic E-state index is -0.442. The summed E-state index contributed by atoms with van der Waals surface area (Å²) in [5.74, 6) is 0.226. The molecule has 0 aromatic heterocycles. The van der Waals surface area contributed by atoms with Gasteiger partial charge in [-0.3, -0.25) is 4.79 Å². The van der Waals surface area contributed by atoms with E-state index in [-0.39, 0.29) is 5.57 Å². The number of hydrogen-bond donors (Lipinski definition) is 1. The Labute approximate surface area is 165 Å². The Kier molecular flexibility index (Phi) is 6.43. The van der Waals surface area contributed by atoms with Gasteiger partial charge in [-0.1, -0.05) is 67.9 Å². The van der Waals surface area contributed by atoms with Crippen molar-refractivity contribution in [3.8, 4) is 11.8 Å². The van der Waals surface area contributed by atoms with Gasteiger partial charge in [-0.05, 0) is 30.0 Å². The third-order valence-corrected chi connectivity index (χ3v) is 4.38. The van der Waals surface area contributed by atoms with E-state index in [1.807, 2.05) is 72.8 Å². The van der Waals surface area contributed by atoms with E-state index in [1.54, 1.807) is 6.08 Å². The summed E-state index contributed by atoms with van der Waals surface area (Å²) in [6.45, 7) is 2.70. The summed E-state index contributed by atoms with van der Waals surface area (Å²) in [7, 11) is 0. The summed E-state index contributed by atoms with van der Waals surface area (Å²) >= 11 is 0. The fourth-order valence-corrected chi connectivity index (χ4v) is 2.89. The van der Waals surface area contributed by atoms with Crippen molar-refractivity contribution >= 4 is 28.4 Å². The maximum Gasteiger partial charge on any atom is 0.266 e. The lowest BCUT2D eigenvalue weighted by molar-refractivity contribution is -0.112. The molecule has 4 nitrogen and oxygen atoms in total. The molecule has 0 radical (unpaired) electrons. The number of fused-ring (bicyclic) bond motifs is 1. The van der Waals surface area contributed by atoms with Crippen LogP contribution in [0.2, 0.25) is 0 Å². The highest BCUT2D eigenvalue weighted by Gasteiger charge is 2.12. The highest BCUT2D eigenvalue weighted by molar-refractivity contribution is 6.13. The Balaban J connectivity index is 1.85. The number of carbonyl (C=O) groups excluding carboxylic acids is 1. The molecule has 0 bridgehead atoms. The number of para-hydroxylation sites is 1. The van der Waals surface area contributed by atoms with Crippen molar-refractivity contribution in [1.82, 2.24) is 0 Å². The van der Waals surface area contributed by atoms with Gasteiger partial charge in [0.05, 0.1) is 6.61 Å². The normalized spacial score (nSPS) is 11.1. The third-order valence-electron chi connectivity index (χ3n) is 4.38. The van der Waals surface area contributed by atoms with Crippen molar-refractivity contribution in [2.75, 3.05) is 11.9 Å². The predicted octanol–water partition coefficient (Wildman–Crippen LogP) is 5.56. The van der Waals surface area contributed by atoms with Crippen LogP contribution in [0, 0.1) is 11.3 Å². The van der Waals surface area contributed by atoms with Crippen LogP contribution in [0.15, 0.2) is 72.3 Å². The molecule has 0 heterocycles. The first kappa shape index (κ1) is 19.2. The van der Waals surface area contributed by atoms with Gasteiger partial charge in [-0.25, -0.2) is 0 Å². The molecule has 0 atom stereocenters. The molecule has 0 aliphatic rings. The van der Waals surface area contributed by atoms with Gasteiger partial charge in [0.25, 0.3) is 5.91 Å². The first-order chi connectivity index (χ1) is 13.7. The van der Waals surface area contributed by atoms with E-state index >= 15 is 0 Å². The molecular formula is C24H22N2O2. The van der Waals surface area contributed by atoms with Crippen LogP contribution in [-0.4, -0.2) is 12.5 Å². The summed E-state index contributed by atoms with van der Waals surface area (Å²) in [6, 6.07) is 22.9. The molecule has 1 N–H and O–H groups in total. The highest BCUT2D eigenvalue weighted by atomic mass is 16.5. The zero-order valence-corrected chi connectivity index (χ0v) is 15.8. The van der Waals surface area contributed by atoms with Crippen LogP contribution in [0.1, 0.15) is 25.3 Å². The van der Waals surface area contributed by atoms with Crippen LogP contribution < -0.4 is 10.1 Å². The van der Waals surface area contributed by atoms with Crippen molar-refractivity contribution in [3.05, 3.63) is 77.9 Å². The summed E-state index contributed by atoms with van der Waals surface area (Å²) in [5.41, 5.74) is 1.42. The fraction of sp³-hybridized carbons (Fsp3) is 0.167. The Bertz CT molecular complexity index is 1040. The Morgan fingerprint density at radius 1 is 1.07 bits per heavy atom. The van der Waals surface area contributed by atoms with Gasteiger partial charge >= 0.3 is 0 Å². The molecule has 3 aromatic carbocycles. The average molecular weight is 370 g/mol. The third kappa shape index (κ3) is 4.57. The van der Waals surface area contributed by atoms with Gasteiger partial charge in [-0.2, -0.15) is 5.26 Å². The number of hydrogen-bond acceptors (Lipinski definition) is 3. The molecule has 0 aliphatic carbocycles. The maximum atomic E-state index is 12.7. The lowest BCUT2D eigenvalue weighted by Gasteiger charge is -2.10. The van der Waals surface area contributed by atoms with Gasteiger partial charge in [0.1, 0.15) is 17.4 Å². The number of nitrogens with one attached hydrogen (secondary N) is 1. The van der Waals surface area contributed by atoms with E-state index in [0.717, 1.165) is 23.6 Å². The zero-order valence-electron chi connectivity index (χ0n) is 15.8. The number of nitrogens with zero attached hydrogens (tertiary/aromatic N) is 1. The van der Waals surface area contributed by atoms with E-state index in [9.17, 15) is 10.1 Å². The minimum Gasteiger partial charge on any atom is -0.493 e. The molecule has 0 fully saturated rings. The van der Waals surface area contributed by atoms with Crippen molar-refractivity contribution in [3.63, 3.8) is 0 Å². The summed E-state index contributed by atoms with van der Waals surface area (Å²) < 4.78 is 5.79. The van der Waals surface area contributed by atoms with E-state index in [0.29, 0.717) is 23.6 Å². The topological polar surface area (TPSA) is 62.1 Å². The Morgan fingerprint density at radius 2 is 1.82 bits per heavy atom. The molecule has 140 valence electrons. The second kappa shape index (κ2) is 9.38. The lowest BCUT2D eigenvalue weighted by Crippen LogP contribution is -2.13. The van der Waals surface area contributed by atoms with Crippen LogP contribution >= 0.6 is 0 Å². The van der Waals surface area contributed by atoms with Crippen molar-refractivity contribution in [2.24, 2.45) is 0 Å². The number of nitriles is 1. The second-order valence-corrected chi connectivity index (χ2v) is 6.39. The maximum absolute atomic E-state index is 12.7. The SMILES string of the molecule is CCCCOc1ccccc1/C=C(\C#N)C(=O)Nc1cccc2ccccc12. The molecule has 0 aliphatic heterocycles. The molecule has 3 rings (SSSR count). The number of anilines is 1. The van der Waals surface area contributed by atoms with Gasteiger partial charge < -0.3 is 10.1 Å². The largest absolute Gasteiger partial charge is 0.493 e. The molecule has 0 saturated heterocycles. The highest BCUT2D eigenvalue weighted by Crippen LogP contribution is 2.25. The predicted molar refractivity (Wildman–Crippen MR) is 113 cm³/mol. The Morgan fingerprint density at radius 3 is 2.64 bits per heavy atom. The van der Waals surface area contributed by atoms with Crippen molar-refractivity contribution in [2.45, 2.75) is 19.8 Å². The molecule has 0 spiro atoms. The monoisotopic (exact) mass is 370 g/mol. The van der Waals surface area contributed by atoms with Crippen LogP contribution in [0.3, 0.4) is 0 Å². The molecule has 28 heavy (non-hydrogen) atoms. The number of benzene rings is 3. The van der Waals surface area contributed by atoms with Crippen LogP contribution in [0.5, 0.6) is 5.75 Å². The van der Waals surface area contributed by atoms with Gasteiger partial charge in [0.2, 0.25) is 0 Å². The minimum absolute atomic E-state index is 0.0273. The van der Waals surface area contributed by atoms with Crippen LogP contribution in [0.4, 0.5) is 5.69 Å². The molecule has 0 unspecified atom stereocenters. The van der Waals surface area contributed by atoms with E-state index < -0.39 is 5.91 Å². The van der Waals surface area contributed by atoms with E-state index in [4.69, 9.17) is 4.74 Å². The summed E-state index contributed by atoms with van der Waals surface area (Å²) in [5, 5.41) is 14.3. The number of rotatable bonds is 7. The molecule has 3 aromatic rings. The standard InChI is InChI=1S/C24H22N2O2/c1-2-3-15-28-23-14-7-5-10-19(23)16-20(17-25)24(27)26-22-13-8-11-18-9-4-6-12-21(18)22/h4-14,16H,2-3,15H2,1H3,(H,26,27)/b20-16+. The fourth-order valence-electron chi connectivity index (χ4n) is 2.89. The number of amides is 1. The summed E-state index contributed by atoms with van der Waals surface area (Å²) in [4.78, 5) is 12.7. The van der Waals surface area contributed by atoms with Crippen LogP contribution in [-0.2, 0) is 4.79 Å². The molecule has 0 saturated carbocycles. The average Bonchev–Trinajstić information content (AvgIpc) is 2.73. The Hall–Kier alpha value is -3.58. The van der Waals surface area contributed by atoms with Crippen molar-refractivity contribution in [1.29, 1.82) is 5.26 Å². The first-order valence-electron chi connectivity index (χ1n) is 9.35. The quantitative estimate of drug-likeness (QED) is 0.336. The summed E-state index contributed by atoms with van der Waals surface area (Å²) in [6.07, 6.45) is 3.56. The number of unbranched alkanes of at least 4 members (excludes halogenated alkanes) is 1. The van der Waals surface area contributed by atoms with Crippen LogP contribution in [0.25, 0.3) is 16.8 Å². The number of carbonyl (C=O) groups is 1. The van der Waals surface area contributed by atoms with E-state index in [1.165, 1.54) is 0 Å². The second-order valence-electron chi connectivity index (χ2n) is 6.39.